The van der Waals surface area contributed by atoms with Crippen molar-refractivity contribution in [2.75, 3.05) is 0 Å². The maximum absolute atomic E-state index is 12.0. The van der Waals surface area contributed by atoms with Crippen LogP contribution in [0.5, 0.6) is 0 Å². The van der Waals surface area contributed by atoms with Crippen LogP contribution < -0.4 is 5.48 Å². The number of hydrogen-bond acceptors (Lipinski definition) is 5. The molecule has 0 bridgehead atoms. The van der Waals surface area contributed by atoms with Gasteiger partial charge in [-0.05, 0) is 26.0 Å². The third kappa shape index (κ3) is 3.20. The van der Waals surface area contributed by atoms with Crippen LogP contribution in [-0.4, -0.2) is 22.0 Å². The minimum absolute atomic E-state index is 0.350. The highest BCUT2D eigenvalue weighted by atomic mass is 32.1. The Morgan fingerprint density at radius 1 is 1.60 bits per heavy atom. The van der Waals surface area contributed by atoms with Gasteiger partial charge in [-0.25, -0.2) is 10.5 Å². The summed E-state index contributed by atoms with van der Waals surface area (Å²) in [4.78, 5) is 25.9. The number of carbonyl (C=O) groups is 1. The van der Waals surface area contributed by atoms with E-state index in [1.165, 1.54) is 11.3 Å². The van der Waals surface area contributed by atoms with E-state index in [-0.39, 0.29) is 5.91 Å². The molecule has 0 spiro atoms. The summed E-state index contributed by atoms with van der Waals surface area (Å²) >= 11 is 1.29. The molecule has 0 fully saturated rings. The summed E-state index contributed by atoms with van der Waals surface area (Å²) in [5.41, 5.74) is 3.84. The fourth-order valence-corrected chi connectivity index (χ4v) is 2.38. The summed E-state index contributed by atoms with van der Waals surface area (Å²) in [6.07, 6.45) is 8.07. The van der Waals surface area contributed by atoms with Crippen LogP contribution in [0.15, 0.2) is 24.5 Å². The summed E-state index contributed by atoms with van der Waals surface area (Å²) in [6.45, 7) is 3.44. The van der Waals surface area contributed by atoms with E-state index in [1.807, 2.05) is 12.1 Å². The predicted octanol–water partition coefficient (Wildman–Crippen LogP) is 2.20. The predicted molar refractivity (Wildman–Crippen MR) is 76.9 cm³/mol. The summed E-state index contributed by atoms with van der Waals surface area (Å²) in [6, 6.07) is 3.72. The zero-order chi connectivity index (χ0) is 14.5. The molecule has 0 saturated heterocycles. The van der Waals surface area contributed by atoms with Crippen molar-refractivity contribution in [3.8, 4) is 22.9 Å². The highest BCUT2D eigenvalue weighted by molar-refractivity contribution is 7.17. The van der Waals surface area contributed by atoms with Gasteiger partial charge in [-0.15, -0.1) is 17.8 Å². The van der Waals surface area contributed by atoms with Crippen LogP contribution in [0.2, 0.25) is 0 Å². The van der Waals surface area contributed by atoms with Crippen molar-refractivity contribution in [3.05, 3.63) is 35.1 Å². The van der Waals surface area contributed by atoms with Crippen molar-refractivity contribution < 1.29 is 9.63 Å². The maximum atomic E-state index is 12.0. The summed E-state index contributed by atoms with van der Waals surface area (Å²) in [7, 11) is 0. The van der Waals surface area contributed by atoms with E-state index in [0.29, 0.717) is 10.6 Å². The molecule has 2 aromatic rings. The second-order valence-electron chi connectivity index (χ2n) is 4.03. The van der Waals surface area contributed by atoms with Gasteiger partial charge < -0.3 is 0 Å². The monoisotopic (exact) mass is 287 g/mol. The van der Waals surface area contributed by atoms with E-state index >= 15 is 0 Å². The molecule has 0 radical (unpaired) electrons. The normalized spacial score (nSPS) is 11.7. The number of terminal acetylenes is 1. The molecule has 0 aliphatic rings. The van der Waals surface area contributed by atoms with Gasteiger partial charge in [0, 0.05) is 18.0 Å². The molecule has 1 unspecified atom stereocenters. The third-order valence-corrected chi connectivity index (χ3v) is 3.68. The molecule has 1 atom stereocenters. The lowest BCUT2D eigenvalue weighted by atomic mass is 10.3. The van der Waals surface area contributed by atoms with Gasteiger partial charge in [-0.3, -0.25) is 14.6 Å². The number of pyridine rings is 1. The Hall–Kier alpha value is -2.23. The molecule has 2 rings (SSSR count). The van der Waals surface area contributed by atoms with E-state index in [9.17, 15) is 4.79 Å². The molecule has 0 aliphatic carbocycles. The lowest BCUT2D eigenvalue weighted by Crippen LogP contribution is -2.27. The van der Waals surface area contributed by atoms with Crippen molar-refractivity contribution in [1.29, 1.82) is 0 Å². The SMILES string of the molecule is C#CC(C)ONC(=O)c1sc(-c2cccnc2)nc1C. The molecule has 102 valence electrons. The first-order valence-electron chi connectivity index (χ1n) is 5.91. The molecule has 0 aromatic carbocycles. The fourth-order valence-electron chi connectivity index (χ4n) is 1.44. The van der Waals surface area contributed by atoms with Gasteiger partial charge in [0.1, 0.15) is 16.0 Å². The Kier molecular flexibility index (Phi) is 4.45. The highest BCUT2D eigenvalue weighted by Crippen LogP contribution is 2.27. The Morgan fingerprint density at radius 2 is 2.40 bits per heavy atom. The van der Waals surface area contributed by atoms with Gasteiger partial charge in [0.05, 0.1) is 5.69 Å². The molecule has 2 aromatic heterocycles. The molecule has 6 heteroatoms. The van der Waals surface area contributed by atoms with E-state index in [4.69, 9.17) is 11.3 Å². The molecule has 2 heterocycles. The van der Waals surface area contributed by atoms with Crippen molar-refractivity contribution >= 4 is 17.2 Å². The average molecular weight is 287 g/mol. The number of thiazole rings is 1. The van der Waals surface area contributed by atoms with Crippen molar-refractivity contribution in [2.45, 2.75) is 20.0 Å². The number of aryl methyl sites for hydroxylation is 1. The molecule has 20 heavy (non-hydrogen) atoms. The molecular weight excluding hydrogens is 274 g/mol. The number of amides is 1. The van der Waals surface area contributed by atoms with Gasteiger partial charge in [0.2, 0.25) is 0 Å². The largest absolute Gasteiger partial charge is 0.286 e. The Morgan fingerprint density at radius 3 is 3.05 bits per heavy atom. The highest BCUT2D eigenvalue weighted by Gasteiger charge is 2.16. The number of rotatable bonds is 4. The van der Waals surface area contributed by atoms with E-state index in [2.05, 4.69) is 21.4 Å². The van der Waals surface area contributed by atoms with Crippen LogP contribution in [0, 0.1) is 19.3 Å². The Bertz CT molecular complexity index is 646. The number of carbonyl (C=O) groups excluding carboxylic acids is 1. The first kappa shape index (κ1) is 14.2. The number of nitrogens with zero attached hydrogens (tertiary/aromatic N) is 2. The molecule has 0 saturated carbocycles. The molecular formula is C14H13N3O2S. The number of hydrogen-bond donors (Lipinski definition) is 1. The lowest BCUT2D eigenvalue weighted by molar-refractivity contribution is 0.0149. The minimum Gasteiger partial charge on any atom is -0.266 e. The average Bonchev–Trinajstić information content (AvgIpc) is 2.87. The quantitative estimate of drug-likeness (QED) is 0.691. The number of hydroxylamine groups is 1. The smallest absolute Gasteiger partial charge is 0.266 e. The minimum atomic E-state index is -0.482. The standard InChI is InChI=1S/C14H13N3O2S/c1-4-9(2)19-17-13(18)12-10(3)16-14(20-12)11-6-5-7-15-8-11/h1,5-9H,2-3H3,(H,17,18). The van der Waals surface area contributed by atoms with Crippen molar-refractivity contribution in [2.24, 2.45) is 0 Å². The van der Waals surface area contributed by atoms with Gasteiger partial charge in [-0.1, -0.05) is 5.92 Å². The lowest BCUT2D eigenvalue weighted by Gasteiger charge is -2.06. The van der Waals surface area contributed by atoms with Crippen LogP contribution in [0.25, 0.3) is 10.6 Å². The van der Waals surface area contributed by atoms with Crippen LogP contribution >= 0.6 is 11.3 Å². The second-order valence-corrected chi connectivity index (χ2v) is 5.03. The Balaban J connectivity index is 2.16. The Labute approximate surface area is 121 Å². The second kappa shape index (κ2) is 6.28. The summed E-state index contributed by atoms with van der Waals surface area (Å²) in [5, 5.41) is 0.741. The zero-order valence-electron chi connectivity index (χ0n) is 11.1. The first-order chi connectivity index (χ1) is 9.61. The zero-order valence-corrected chi connectivity index (χ0v) is 11.9. The maximum Gasteiger partial charge on any atom is 0.286 e. The molecule has 0 aliphatic heterocycles. The first-order valence-corrected chi connectivity index (χ1v) is 6.73. The van der Waals surface area contributed by atoms with Crippen LogP contribution in [0.1, 0.15) is 22.3 Å². The molecule has 1 N–H and O–H groups in total. The van der Waals surface area contributed by atoms with Crippen LogP contribution in [0.3, 0.4) is 0 Å². The summed E-state index contributed by atoms with van der Waals surface area (Å²) < 4.78 is 0. The van der Waals surface area contributed by atoms with Crippen molar-refractivity contribution in [3.63, 3.8) is 0 Å². The van der Waals surface area contributed by atoms with Crippen molar-refractivity contribution in [1.82, 2.24) is 15.4 Å². The fraction of sp³-hybridized carbons (Fsp3) is 0.214. The van der Waals surface area contributed by atoms with E-state index < -0.39 is 6.10 Å². The third-order valence-electron chi connectivity index (χ3n) is 2.47. The summed E-state index contributed by atoms with van der Waals surface area (Å²) in [5.74, 6) is 2.01. The van der Waals surface area contributed by atoms with Gasteiger partial charge >= 0.3 is 0 Å². The van der Waals surface area contributed by atoms with E-state index in [1.54, 1.807) is 26.2 Å². The van der Waals surface area contributed by atoms with E-state index in [0.717, 1.165) is 10.6 Å². The van der Waals surface area contributed by atoms with Crippen LogP contribution in [-0.2, 0) is 4.84 Å². The number of nitrogens with one attached hydrogen (secondary N) is 1. The van der Waals surface area contributed by atoms with Crippen LogP contribution in [0.4, 0.5) is 0 Å². The van der Waals surface area contributed by atoms with Gasteiger partial charge in [0.25, 0.3) is 5.91 Å². The topological polar surface area (TPSA) is 64.1 Å². The molecule has 1 amide bonds. The van der Waals surface area contributed by atoms with Gasteiger partial charge in [-0.2, -0.15) is 0 Å². The molecule has 5 nitrogen and oxygen atoms in total. The van der Waals surface area contributed by atoms with Gasteiger partial charge in [0.15, 0.2) is 0 Å². The number of aromatic nitrogens is 2.